The van der Waals surface area contributed by atoms with Crippen LogP contribution in [-0.2, 0) is 13.1 Å². The zero-order valence-electron chi connectivity index (χ0n) is 15.0. The van der Waals surface area contributed by atoms with E-state index in [0.29, 0.717) is 13.1 Å². The van der Waals surface area contributed by atoms with Gasteiger partial charge in [-0.2, -0.15) is 5.10 Å². The van der Waals surface area contributed by atoms with Crippen molar-refractivity contribution in [3.8, 4) is 5.82 Å². The van der Waals surface area contributed by atoms with E-state index >= 15 is 0 Å². The minimum absolute atomic E-state index is 0. The lowest BCUT2D eigenvalue weighted by atomic mass is 10.2. The van der Waals surface area contributed by atoms with E-state index in [1.807, 2.05) is 55.6 Å². The molecule has 0 atom stereocenters. The van der Waals surface area contributed by atoms with Gasteiger partial charge in [-0.15, -0.1) is 24.0 Å². The molecule has 1 aromatic carbocycles. The Bertz CT molecular complexity index is 866. The molecule has 3 aromatic rings. The molecular formula is C19H22ClIN6. The minimum atomic E-state index is 0. The maximum Gasteiger partial charge on any atom is 0.191 e. The maximum absolute atomic E-state index is 6.21. The van der Waals surface area contributed by atoms with Crippen LogP contribution in [0.15, 0.2) is 66.0 Å². The number of aromatic nitrogens is 3. The van der Waals surface area contributed by atoms with Gasteiger partial charge in [-0.1, -0.05) is 29.8 Å². The molecule has 0 bridgehead atoms. The summed E-state index contributed by atoms with van der Waals surface area (Å²) >= 11 is 6.21. The molecule has 142 valence electrons. The second-order valence-corrected chi connectivity index (χ2v) is 6.02. The zero-order valence-corrected chi connectivity index (χ0v) is 18.1. The first-order valence-corrected chi connectivity index (χ1v) is 8.84. The summed E-state index contributed by atoms with van der Waals surface area (Å²) in [5, 5.41) is 11.5. The third-order valence-corrected chi connectivity index (χ3v) is 4.09. The van der Waals surface area contributed by atoms with Crippen LogP contribution in [-0.4, -0.2) is 27.3 Å². The van der Waals surface area contributed by atoms with Gasteiger partial charge >= 0.3 is 0 Å². The predicted octanol–water partition coefficient (Wildman–Crippen LogP) is 3.79. The standard InChI is InChI=1S/C19H21ClN6.HI/c1-2-21-19(24-14-16-6-3-4-7-17(16)20)23-13-15-8-10-22-18(12-15)26-11-5-9-25-26;/h3-12H,2,13-14H2,1H3,(H2,21,23,24);1H. The second kappa shape index (κ2) is 10.9. The van der Waals surface area contributed by atoms with Crippen LogP contribution in [0.2, 0.25) is 5.02 Å². The molecule has 0 amide bonds. The van der Waals surface area contributed by atoms with E-state index in [0.717, 1.165) is 34.5 Å². The summed E-state index contributed by atoms with van der Waals surface area (Å²) < 4.78 is 1.73. The molecule has 0 fully saturated rings. The van der Waals surface area contributed by atoms with Crippen molar-refractivity contribution in [3.63, 3.8) is 0 Å². The van der Waals surface area contributed by atoms with Gasteiger partial charge in [-0.3, -0.25) is 0 Å². The second-order valence-electron chi connectivity index (χ2n) is 5.61. The molecule has 6 nitrogen and oxygen atoms in total. The molecular weight excluding hydrogens is 475 g/mol. The topological polar surface area (TPSA) is 67.1 Å². The Balaban J connectivity index is 0.00000261. The number of benzene rings is 1. The van der Waals surface area contributed by atoms with Gasteiger partial charge in [0.05, 0.1) is 6.54 Å². The Morgan fingerprint density at radius 2 is 2.00 bits per heavy atom. The molecule has 0 aliphatic heterocycles. The third-order valence-electron chi connectivity index (χ3n) is 3.72. The van der Waals surface area contributed by atoms with Gasteiger partial charge in [0.2, 0.25) is 0 Å². The van der Waals surface area contributed by atoms with E-state index in [1.54, 1.807) is 17.1 Å². The third kappa shape index (κ3) is 6.21. The normalized spacial score (nSPS) is 11.0. The number of pyridine rings is 1. The Morgan fingerprint density at radius 3 is 2.74 bits per heavy atom. The molecule has 2 heterocycles. The number of hydrogen-bond acceptors (Lipinski definition) is 3. The zero-order chi connectivity index (χ0) is 18.2. The van der Waals surface area contributed by atoms with Gasteiger partial charge in [0.1, 0.15) is 0 Å². The van der Waals surface area contributed by atoms with E-state index in [4.69, 9.17) is 11.6 Å². The van der Waals surface area contributed by atoms with Crippen LogP contribution in [0.1, 0.15) is 18.1 Å². The van der Waals surface area contributed by atoms with E-state index < -0.39 is 0 Å². The fourth-order valence-electron chi connectivity index (χ4n) is 2.42. The fourth-order valence-corrected chi connectivity index (χ4v) is 2.62. The molecule has 0 spiro atoms. The molecule has 0 aliphatic rings. The van der Waals surface area contributed by atoms with Crippen LogP contribution in [0.4, 0.5) is 0 Å². The average Bonchev–Trinajstić information content (AvgIpc) is 3.20. The summed E-state index contributed by atoms with van der Waals surface area (Å²) in [7, 11) is 0. The summed E-state index contributed by atoms with van der Waals surface area (Å²) in [4.78, 5) is 8.98. The first kappa shape index (κ1) is 21.2. The van der Waals surface area contributed by atoms with E-state index in [9.17, 15) is 0 Å². The van der Waals surface area contributed by atoms with Gasteiger partial charge in [0.15, 0.2) is 11.8 Å². The van der Waals surface area contributed by atoms with Crippen molar-refractivity contribution in [1.29, 1.82) is 0 Å². The SMILES string of the molecule is CCNC(=NCc1ccnc(-n2cccn2)c1)NCc1ccccc1Cl.I. The number of rotatable bonds is 6. The maximum atomic E-state index is 6.21. The van der Waals surface area contributed by atoms with Gasteiger partial charge in [-0.05, 0) is 42.3 Å². The highest BCUT2D eigenvalue weighted by atomic mass is 127. The monoisotopic (exact) mass is 496 g/mol. The van der Waals surface area contributed by atoms with Crippen LogP contribution in [0, 0.1) is 0 Å². The average molecular weight is 497 g/mol. The number of nitrogens with one attached hydrogen (secondary N) is 2. The molecule has 0 saturated carbocycles. The van der Waals surface area contributed by atoms with E-state index in [1.165, 1.54) is 0 Å². The molecule has 3 rings (SSSR count). The lowest BCUT2D eigenvalue weighted by Gasteiger charge is -2.12. The van der Waals surface area contributed by atoms with Crippen molar-refractivity contribution >= 4 is 41.5 Å². The fraction of sp³-hybridized carbons (Fsp3) is 0.211. The van der Waals surface area contributed by atoms with Crippen molar-refractivity contribution in [2.75, 3.05) is 6.54 Å². The minimum Gasteiger partial charge on any atom is -0.357 e. The quantitative estimate of drug-likeness (QED) is 0.310. The van der Waals surface area contributed by atoms with E-state index in [-0.39, 0.29) is 24.0 Å². The molecule has 2 N–H and O–H groups in total. The Morgan fingerprint density at radius 1 is 1.15 bits per heavy atom. The number of hydrogen-bond donors (Lipinski definition) is 2. The van der Waals surface area contributed by atoms with Gasteiger partial charge in [0, 0.05) is 36.7 Å². The highest BCUT2D eigenvalue weighted by Crippen LogP contribution is 2.14. The molecule has 2 aromatic heterocycles. The van der Waals surface area contributed by atoms with Crippen LogP contribution in [0.5, 0.6) is 0 Å². The van der Waals surface area contributed by atoms with Crippen molar-refractivity contribution in [2.45, 2.75) is 20.0 Å². The van der Waals surface area contributed by atoms with Crippen molar-refractivity contribution in [2.24, 2.45) is 4.99 Å². The van der Waals surface area contributed by atoms with Crippen molar-refractivity contribution < 1.29 is 0 Å². The molecule has 0 radical (unpaired) electrons. The lowest BCUT2D eigenvalue weighted by Crippen LogP contribution is -2.36. The molecule has 0 saturated heterocycles. The largest absolute Gasteiger partial charge is 0.357 e. The first-order valence-electron chi connectivity index (χ1n) is 8.47. The van der Waals surface area contributed by atoms with Crippen LogP contribution in [0.25, 0.3) is 5.82 Å². The molecule has 0 unspecified atom stereocenters. The molecule has 27 heavy (non-hydrogen) atoms. The highest BCUT2D eigenvalue weighted by molar-refractivity contribution is 14.0. The summed E-state index contributed by atoms with van der Waals surface area (Å²) in [6, 6.07) is 13.6. The van der Waals surface area contributed by atoms with Crippen LogP contribution < -0.4 is 10.6 Å². The lowest BCUT2D eigenvalue weighted by molar-refractivity contribution is 0.813. The Labute approximate surface area is 181 Å². The first-order chi connectivity index (χ1) is 12.8. The van der Waals surface area contributed by atoms with Crippen molar-refractivity contribution in [3.05, 3.63) is 77.2 Å². The molecule has 8 heteroatoms. The summed E-state index contributed by atoms with van der Waals surface area (Å²) in [6.07, 6.45) is 5.37. The number of guanidine groups is 1. The number of aliphatic imine (C=N–C) groups is 1. The van der Waals surface area contributed by atoms with Gasteiger partial charge < -0.3 is 10.6 Å². The van der Waals surface area contributed by atoms with Gasteiger partial charge in [0.25, 0.3) is 0 Å². The van der Waals surface area contributed by atoms with Crippen LogP contribution in [0.3, 0.4) is 0 Å². The predicted molar refractivity (Wildman–Crippen MR) is 120 cm³/mol. The van der Waals surface area contributed by atoms with E-state index in [2.05, 4.69) is 25.7 Å². The molecule has 0 aliphatic carbocycles. The van der Waals surface area contributed by atoms with Crippen LogP contribution >= 0.6 is 35.6 Å². The highest BCUT2D eigenvalue weighted by Gasteiger charge is 2.03. The summed E-state index contributed by atoms with van der Waals surface area (Å²) in [6.45, 7) is 3.97. The summed E-state index contributed by atoms with van der Waals surface area (Å²) in [5.74, 6) is 1.52. The number of halogens is 2. The summed E-state index contributed by atoms with van der Waals surface area (Å²) in [5.41, 5.74) is 2.09. The van der Waals surface area contributed by atoms with Crippen molar-refractivity contribution in [1.82, 2.24) is 25.4 Å². The van der Waals surface area contributed by atoms with Gasteiger partial charge in [-0.25, -0.2) is 14.7 Å². The Kier molecular flexibility index (Phi) is 8.53. The Hall–Kier alpha value is -2.13. The number of nitrogens with zero attached hydrogens (tertiary/aromatic N) is 4. The smallest absolute Gasteiger partial charge is 0.191 e.